The van der Waals surface area contributed by atoms with E-state index in [4.69, 9.17) is 4.42 Å². The lowest BCUT2D eigenvalue weighted by Gasteiger charge is -2.07. The van der Waals surface area contributed by atoms with E-state index in [1.54, 1.807) is 25.1 Å². The molecule has 0 aliphatic heterocycles. The molecule has 1 amide bonds. The van der Waals surface area contributed by atoms with E-state index in [2.05, 4.69) is 20.4 Å². The number of nitrogens with zero attached hydrogens (tertiary/aromatic N) is 4. The summed E-state index contributed by atoms with van der Waals surface area (Å²) in [4.78, 5) is 21.0. The standard InChI is InChI=1S/C20H16FN5O4S/c1-12-9-18(26(25-12)14-4-6-15(7-5-14)31(2,28)29)19(27)24-20-23-17(11-30-20)16-8-3-13(21)10-22-16/h3-11H,1-2H3,(H,23,24,27). The van der Waals surface area contributed by atoms with Gasteiger partial charge in [0.1, 0.15) is 23.5 Å². The summed E-state index contributed by atoms with van der Waals surface area (Å²) in [5.41, 5.74) is 2.01. The SMILES string of the molecule is Cc1cc(C(=O)Nc2nc(-c3ccc(F)cn3)co2)n(-c2ccc(S(C)(=O)=O)cc2)n1. The molecule has 0 radical (unpaired) electrons. The zero-order chi connectivity index (χ0) is 22.2. The summed E-state index contributed by atoms with van der Waals surface area (Å²) in [6.07, 6.45) is 3.46. The van der Waals surface area contributed by atoms with Crippen molar-refractivity contribution in [1.82, 2.24) is 19.7 Å². The molecule has 0 aliphatic carbocycles. The Balaban J connectivity index is 1.58. The number of aromatic nitrogens is 4. The van der Waals surface area contributed by atoms with Crippen molar-refractivity contribution >= 4 is 21.8 Å². The predicted molar refractivity (Wildman–Crippen MR) is 109 cm³/mol. The van der Waals surface area contributed by atoms with E-state index < -0.39 is 21.6 Å². The van der Waals surface area contributed by atoms with Gasteiger partial charge in [-0.3, -0.25) is 15.1 Å². The summed E-state index contributed by atoms with van der Waals surface area (Å²) >= 11 is 0. The third-order valence-electron chi connectivity index (χ3n) is 4.29. The van der Waals surface area contributed by atoms with Crippen molar-refractivity contribution in [3.8, 4) is 17.1 Å². The average molecular weight is 441 g/mol. The molecule has 4 rings (SSSR count). The van der Waals surface area contributed by atoms with Gasteiger partial charge in [0.15, 0.2) is 9.84 Å². The lowest BCUT2D eigenvalue weighted by Crippen LogP contribution is -2.17. The van der Waals surface area contributed by atoms with Gasteiger partial charge in [-0.2, -0.15) is 10.1 Å². The van der Waals surface area contributed by atoms with Crippen molar-refractivity contribution in [1.29, 1.82) is 0 Å². The largest absolute Gasteiger partial charge is 0.431 e. The molecule has 1 N–H and O–H groups in total. The maximum atomic E-state index is 13.0. The Bertz CT molecular complexity index is 1360. The van der Waals surface area contributed by atoms with Gasteiger partial charge in [-0.05, 0) is 49.4 Å². The first-order valence-corrected chi connectivity index (χ1v) is 10.9. The number of aryl methyl sites for hydroxylation is 1. The molecule has 3 aromatic heterocycles. The molecule has 0 unspecified atom stereocenters. The van der Waals surface area contributed by atoms with Crippen LogP contribution in [-0.2, 0) is 9.84 Å². The highest BCUT2D eigenvalue weighted by atomic mass is 32.2. The molecule has 158 valence electrons. The fraction of sp³-hybridized carbons (Fsp3) is 0.100. The molecule has 0 saturated carbocycles. The Hall–Kier alpha value is -3.86. The van der Waals surface area contributed by atoms with Crippen molar-refractivity contribution in [2.75, 3.05) is 11.6 Å². The second-order valence-electron chi connectivity index (χ2n) is 6.70. The lowest BCUT2D eigenvalue weighted by atomic mass is 10.3. The Morgan fingerprint density at radius 2 is 1.87 bits per heavy atom. The van der Waals surface area contributed by atoms with Crippen LogP contribution in [0.1, 0.15) is 16.2 Å². The summed E-state index contributed by atoms with van der Waals surface area (Å²) in [5.74, 6) is -1.01. The summed E-state index contributed by atoms with van der Waals surface area (Å²) in [5, 5.41) is 6.85. The van der Waals surface area contributed by atoms with Gasteiger partial charge in [0.05, 0.1) is 28.2 Å². The minimum atomic E-state index is -3.34. The molecule has 31 heavy (non-hydrogen) atoms. The Kier molecular flexibility index (Phi) is 5.11. The third-order valence-corrected chi connectivity index (χ3v) is 5.42. The van der Waals surface area contributed by atoms with Crippen LogP contribution in [0.4, 0.5) is 10.4 Å². The molecule has 0 fully saturated rings. The average Bonchev–Trinajstić information content (AvgIpc) is 3.35. The molecule has 9 nitrogen and oxygen atoms in total. The molecule has 0 spiro atoms. The van der Waals surface area contributed by atoms with Gasteiger partial charge in [0.2, 0.25) is 0 Å². The van der Waals surface area contributed by atoms with Gasteiger partial charge in [-0.1, -0.05) is 0 Å². The van der Waals surface area contributed by atoms with Crippen LogP contribution in [0.25, 0.3) is 17.1 Å². The zero-order valence-corrected chi connectivity index (χ0v) is 17.2. The third kappa shape index (κ3) is 4.36. The number of rotatable bonds is 5. The van der Waals surface area contributed by atoms with Gasteiger partial charge in [-0.15, -0.1) is 0 Å². The van der Waals surface area contributed by atoms with Crippen molar-refractivity contribution in [2.24, 2.45) is 0 Å². The van der Waals surface area contributed by atoms with Crippen LogP contribution in [0.3, 0.4) is 0 Å². The van der Waals surface area contributed by atoms with Crippen LogP contribution >= 0.6 is 0 Å². The summed E-state index contributed by atoms with van der Waals surface area (Å²) in [6.45, 7) is 1.72. The van der Waals surface area contributed by atoms with E-state index in [9.17, 15) is 17.6 Å². The molecule has 0 atom stereocenters. The van der Waals surface area contributed by atoms with E-state index >= 15 is 0 Å². The minimum absolute atomic E-state index is 0.0658. The van der Waals surface area contributed by atoms with E-state index in [1.807, 2.05) is 0 Å². The first kappa shape index (κ1) is 20.4. The zero-order valence-electron chi connectivity index (χ0n) is 16.4. The topological polar surface area (TPSA) is 120 Å². The number of anilines is 1. The summed E-state index contributed by atoms with van der Waals surface area (Å²) < 4.78 is 43.0. The molecule has 11 heteroatoms. The van der Waals surface area contributed by atoms with Crippen LogP contribution in [0.15, 0.2) is 64.2 Å². The van der Waals surface area contributed by atoms with E-state index in [0.29, 0.717) is 22.8 Å². The van der Waals surface area contributed by atoms with Gasteiger partial charge < -0.3 is 4.42 Å². The fourth-order valence-electron chi connectivity index (χ4n) is 2.83. The predicted octanol–water partition coefficient (Wildman–Crippen LogP) is 3.03. The van der Waals surface area contributed by atoms with Crippen LogP contribution < -0.4 is 5.32 Å². The van der Waals surface area contributed by atoms with Crippen molar-refractivity contribution < 1.29 is 22.0 Å². The number of hydrogen-bond acceptors (Lipinski definition) is 7. The minimum Gasteiger partial charge on any atom is -0.431 e. The van der Waals surface area contributed by atoms with Crippen molar-refractivity contribution in [3.63, 3.8) is 0 Å². The molecule has 0 aliphatic rings. The van der Waals surface area contributed by atoms with Crippen LogP contribution in [0.5, 0.6) is 0 Å². The second kappa shape index (κ2) is 7.76. The number of sulfone groups is 1. The number of pyridine rings is 1. The number of amides is 1. The molecular weight excluding hydrogens is 425 g/mol. The maximum Gasteiger partial charge on any atom is 0.302 e. The monoisotopic (exact) mass is 441 g/mol. The molecule has 3 heterocycles. The van der Waals surface area contributed by atoms with E-state index in [-0.39, 0.29) is 16.6 Å². The first-order chi connectivity index (χ1) is 14.7. The molecule has 4 aromatic rings. The van der Waals surface area contributed by atoms with Crippen LogP contribution in [0, 0.1) is 12.7 Å². The van der Waals surface area contributed by atoms with E-state index in [1.165, 1.54) is 35.2 Å². The molecule has 1 aromatic carbocycles. The fourth-order valence-corrected chi connectivity index (χ4v) is 3.46. The Labute approximate surface area is 176 Å². The summed E-state index contributed by atoms with van der Waals surface area (Å²) in [7, 11) is -3.34. The first-order valence-electron chi connectivity index (χ1n) is 8.97. The van der Waals surface area contributed by atoms with Gasteiger partial charge in [-0.25, -0.2) is 17.5 Å². The summed E-state index contributed by atoms with van der Waals surface area (Å²) in [6, 6.07) is 10.2. The maximum absolute atomic E-state index is 13.0. The lowest BCUT2D eigenvalue weighted by molar-refractivity contribution is 0.101. The number of halogens is 1. The van der Waals surface area contributed by atoms with Gasteiger partial charge in [0, 0.05) is 6.26 Å². The molecule has 0 saturated heterocycles. The highest BCUT2D eigenvalue weighted by Gasteiger charge is 2.19. The number of carbonyl (C=O) groups is 1. The Morgan fingerprint density at radius 1 is 1.13 bits per heavy atom. The van der Waals surface area contributed by atoms with Crippen LogP contribution in [-0.4, -0.2) is 40.3 Å². The van der Waals surface area contributed by atoms with E-state index in [0.717, 1.165) is 12.5 Å². The number of hydrogen-bond donors (Lipinski definition) is 1. The number of benzene rings is 1. The van der Waals surface area contributed by atoms with Crippen molar-refractivity contribution in [3.05, 3.63) is 72.1 Å². The molecular formula is C20H16FN5O4S. The normalized spacial score (nSPS) is 11.5. The van der Waals surface area contributed by atoms with Crippen LogP contribution in [0.2, 0.25) is 0 Å². The smallest absolute Gasteiger partial charge is 0.302 e. The highest BCUT2D eigenvalue weighted by Crippen LogP contribution is 2.21. The number of oxazole rings is 1. The number of nitrogens with one attached hydrogen (secondary N) is 1. The Morgan fingerprint density at radius 3 is 2.52 bits per heavy atom. The number of carbonyl (C=O) groups excluding carboxylic acids is 1. The van der Waals surface area contributed by atoms with Crippen molar-refractivity contribution in [2.45, 2.75) is 11.8 Å². The second-order valence-corrected chi connectivity index (χ2v) is 8.72. The van der Waals surface area contributed by atoms with Gasteiger partial charge >= 0.3 is 6.01 Å². The highest BCUT2D eigenvalue weighted by molar-refractivity contribution is 7.90. The van der Waals surface area contributed by atoms with Gasteiger partial charge in [0.25, 0.3) is 5.91 Å². The quantitative estimate of drug-likeness (QED) is 0.505. The molecule has 0 bridgehead atoms.